The summed E-state index contributed by atoms with van der Waals surface area (Å²) in [4.78, 5) is 6.35. The topological polar surface area (TPSA) is 28.2 Å². The first-order valence-electron chi connectivity index (χ1n) is 7.64. The number of aromatic nitrogens is 1. The first-order valence-corrected chi connectivity index (χ1v) is 7.64. The number of benzene rings is 1. The van der Waals surface area contributed by atoms with Crippen molar-refractivity contribution in [3.05, 3.63) is 59.9 Å². The summed E-state index contributed by atoms with van der Waals surface area (Å²) in [5.74, 6) is 0. The van der Waals surface area contributed by atoms with Crippen LogP contribution in [0.2, 0.25) is 0 Å². The van der Waals surface area contributed by atoms with Crippen LogP contribution in [0.15, 0.2) is 48.8 Å². The number of likely N-dealkylation sites (N-methyl/N-ethyl adjacent to an activating group) is 1. The van der Waals surface area contributed by atoms with Crippen molar-refractivity contribution in [1.29, 1.82) is 0 Å². The van der Waals surface area contributed by atoms with Crippen molar-refractivity contribution in [2.45, 2.75) is 26.3 Å². The molecule has 0 amide bonds. The van der Waals surface area contributed by atoms with E-state index in [-0.39, 0.29) is 0 Å². The molecule has 112 valence electrons. The van der Waals surface area contributed by atoms with E-state index in [2.05, 4.69) is 72.5 Å². The van der Waals surface area contributed by atoms with Gasteiger partial charge in [0.05, 0.1) is 0 Å². The maximum atomic E-state index is 4.05. The molecule has 2 aromatic rings. The van der Waals surface area contributed by atoms with E-state index in [1.807, 2.05) is 12.4 Å². The highest BCUT2D eigenvalue weighted by atomic mass is 15.1. The third-order valence-corrected chi connectivity index (χ3v) is 3.83. The lowest BCUT2D eigenvalue weighted by Crippen LogP contribution is -2.21. The van der Waals surface area contributed by atoms with Gasteiger partial charge in [0.1, 0.15) is 0 Å². The van der Waals surface area contributed by atoms with Crippen molar-refractivity contribution in [2.75, 3.05) is 25.0 Å². The SMILES string of the molecule is CCNC(C)c1ccc(N(C)CCc2ccncc2)cc1. The van der Waals surface area contributed by atoms with Crippen molar-refractivity contribution >= 4 is 5.69 Å². The quantitative estimate of drug-likeness (QED) is 0.844. The predicted molar refractivity (Wildman–Crippen MR) is 89.7 cm³/mol. The molecule has 0 radical (unpaired) electrons. The van der Waals surface area contributed by atoms with Crippen LogP contribution in [0.5, 0.6) is 0 Å². The lowest BCUT2D eigenvalue weighted by Gasteiger charge is -2.20. The van der Waals surface area contributed by atoms with Gasteiger partial charge in [-0.15, -0.1) is 0 Å². The van der Waals surface area contributed by atoms with Crippen molar-refractivity contribution in [3.63, 3.8) is 0 Å². The fourth-order valence-electron chi connectivity index (χ4n) is 2.42. The number of rotatable bonds is 7. The fraction of sp³-hybridized carbons (Fsp3) is 0.389. The summed E-state index contributed by atoms with van der Waals surface area (Å²) in [6, 6.07) is 13.4. The summed E-state index contributed by atoms with van der Waals surface area (Å²) in [5, 5.41) is 3.44. The minimum absolute atomic E-state index is 0.408. The Balaban J connectivity index is 1.92. The lowest BCUT2D eigenvalue weighted by molar-refractivity contribution is 0.598. The minimum Gasteiger partial charge on any atom is -0.374 e. The molecule has 0 saturated heterocycles. The summed E-state index contributed by atoms with van der Waals surface area (Å²) < 4.78 is 0. The van der Waals surface area contributed by atoms with Crippen molar-refractivity contribution in [1.82, 2.24) is 10.3 Å². The van der Waals surface area contributed by atoms with E-state index in [4.69, 9.17) is 0 Å². The Morgan fingerprint density at radius 2 is 1.76 bits per heavy atom. The van der Waals surface area contributed by atoms with Crippen LogP contribution in [0, 0.1) is 0 Å². The highest BCUT2D eigenvalue weighted by Gasteiger charge is 2.05. The molecule has 1 N–H and O–H groups in total. The molecule has 1 aromatic carbocycles. The van der Waals surface area contributed by atoms with Gasteiger partial charge in [-0.2, -0.15) is 0 Å². The molecule has 0 aliphatic rings. The van der Waals surface area contributed by atoms with Crippen LogP contribution in [0.25, 0.3) is 0 Å². The monoisotopic (exact) mass is 283 g/mol. The standard InChI is InChI=1S/C18H25N3/c1-4-20-15(2)17-5-7-18(8-6-17)21(3)14-11-16-9-12-19-13-10-16/h5-10,12-13,15,20H,4,11,14H2,1-3H3. The van der Waals surface area contributed by atoms with Gasteiger partial charge < -0.3 is 10.2 Å². The molecule has 0 bridgehead atoms. The van der Waals surface area contributed by atoms with Gasteiger partial charge in [-0.25, -0.2) is 0 Å². The van der Waals surface area contributed by atoms with Gasteiger partial charge in [0, 0.05) is 37.7 Å². The zero-order chi connectivity index (χ0) is 15.1. The van der Waals surface area contributed by atoms with E-state index in [0.717, 1.165) is 19.5 Å². The van der Waals surface area contributed by atoms with Crippen LogP contribution >= 0.6 is 0 Å². The van der Waals surface area contributed by atoms with Crippen LogP contribution in [0.4, 0.5) is 5.69 Å². The van der Waals surface area contributed by atoms with Gasteiger partial charge in [0.15, 0.2) is 0 Å². The maximum absolute atomic E-state index is 4.05. The summed E-state index contributed by atoms with van der Waals surface area (Å²) in [7, 11) is 2.14. The molecule has 0 saturated carbocycles. The number of nitrogens with one attached hydrogen (secondary N) is 1. The van der Waals surface area contributed by atoms with Crippen LogP contribution in [0.3, 0.4) is 0 Å². The normalized spacial score (nSPS) is 12.1. The molecule has 21 heavy (non-hydrogen) atoms. The smallest absolute Gasteiger partial charge is 0.0363 e. The molecule has 0 aliphatic carbocycles. The maximum Gasteiger partial charge on any atom is 0.0363 e. The Bertz CT molecular complexity index is 522. The first-order chi connectivity index (χ1) is 10.2. The molecule has 0 aliphatic heterocycles. The van der Waals surface area contributed by atoms with Crippen LogP contribution in [-0.4, -0.2) is 25.1 Å². The second kappa shape index (κ2) is 7.79. The molecule has 1 aromatic heterocycles. The minimum atomic E-state index is 0.408. The Morgan fingerprint density at radius 3 is 2.38 bits per heavy atom. The average molecular weight is 283 g/mol. The van der Waals surface area contributed by atoms with Crippen molar-refractivity contribution in [3.8, 4) is 0 Å². The molecule has 1 atom stereocenters. The van der Waals surface area contributed by atoms with E-state index in [1.165, 1.54) is 16.8 Å². The summed E-state index contributed by atoms with van der Waals surface area (Å²) in [5.41, 5.74) is 3.92. The van der Waals surface area contributed by atoms with Gasteiger partial charge in [-0.1, -0.05) is 19.1 Å². The number of hydrogen-bond acceptors (Lipinski definition) is 3. The second-order valence-electron chi connectivity index (χ2n) is 5.40. The number of hydrogen-bond donors (Lipinski definition) is 1. The molecular weight excluding hydrogens is 258 g/mol. The number of anilines is 1. The highest BCUT2D eigenvalue weighted by Crippen LogP contribution is 2.18. The molecule has 3 nitrogen and oxygen atoms in total. The molecule has 3 heteroatoms. The predicted octanol–water partition coefficient (Wildman–Crippen LogP) is 3.43. The molecule has 1 unspecified atom stereocenters. The van der Waals surface area contributed by atoms with Crippen molar-refractivity contribution < 1.29 is 0 Å². The Morgan fingerprint density at radius 1 is 1.10 bits per heavy atom. The fourth-order valence-corrected chi connectivity index (χ4v) is 2.42. The third-order valence-electron chi connectivity index (χ3n) is 3.83. The van der Waals surface area contributed by atoms with Crippen molar-refractivity contribution in [2.24, 2.45) is 0 Å². The van der Waals surface area contributed by atoms with Gasteiger partial charge in [0.25, 0.3) is 0 Å². The summed E-state index contributed by atoms with van der Waals surface area (Å²) in [6.45, 7) is 6.34. The zero-order valence-electron chi connectivity index (χ0n) is 13.2. The van der Waals surface area contributed by atoms with E-state index in [1.54, 1.807) is 0 Å². The zero-order valence-corrected chi connectivity index (χ0v) is 13.2. The Labute approximate surface area is 128 Å². The molecule has 2 rings (SSSR count). The largest absolute Gasteiger partial charge is 0.374 e. The van der Waals surface area contributed by atoms with E-state index < -0.39 is 0 Å². The number of nitrogens with zero attached hydrogens (tertiary/aromatic N) is 2. The second-order valence-corrected chi connectivity index (χ2v) is 5.40. The first kappa shape index (κ1) is 15.5. The highest BCUT2D eigenvalue weighted by molar-refractivity contribution is 5.47. The number of pyridine rings is 1. The lowest BCUT2D eigenvalue weighted by atomic mass is 10.1. The van der Waals surface area contributed by atoms with Crippen LogP contribution in [0.1, 0.15) is 31.0 Å². The van der Waals surface area contributed by atoms with Crippen LogP contribution < -0.4 is 10.2 Å². The molecule has 0 fully saturated rings. The van der Waals surface area contributed by atoms with E-state index in [0.29, 0.717) is 6.04 Å². The average Bonchev–Trinajstić information content (AvgIpc) is 2.54. The van der Waals surface area contributed by atoms with E-state index >= 15 is 0 Å². The van der Waals surface area contributed by atoms with Gasteiger partial charge >= 0.3 is 0 Å². The summed E-state index contributed by atoms with van der Waals surface area (Å²) >= 11 is 0. The van der Waals surface area contributed by atoms with Gasteiger partial charge in [-0.3, -0.25) is 4.98 Å². The third kappa shape index (κ3) is 4.57. The Kier molecular flexibility index (Phi) is 5.76. The molecular formula is C18H25N3. The Hall–Kier alpha value is -1.87. The van der Waals surface area contributed by atoms with Gasteiger partial charge in [0.2, 0.25) is 0 Å². The van der Waals surface area contributed by atoms with Gasteiger partial charge in [-0.05, 0) is 55.3 Å². The van der Waals surface area contributed by atoms with E-state index in [9.17, 15) is 0 Å². The molecule has 1 heterocycles. The summed E-state index contributed by atoms with van der Waals surface area (Å²) in [6.07, 6.45) is 4.74. The molecule has 0 spiro atoms. The van der Waals surface area contributed by atoms with Crippen LogP contribution in [-0.2, 0) is 6.42 Å².